The van der Waals surface area contributed by atoms with Gasteiger partial charge >= 0.3 is 0 Å². The van der Waals surface area contributed by atoms with Gasteiger partial charge in [0.15, 0.2) is 0 Å². The van der Waals surface area contributed by atoms with Crippen LogP contribution in [0.15, 0.2) is 81.3 Å². The summed E-state index contributed by atoms with van der Waals surface area (Å²) in [6, 6.07) is 14.6. The highest BCUT2D eigenvalue weighted by Crippen LogP contribution is 2.32. The summed E-state index contributed by atoms with van der Waals surface area (Å²) in [5.41, 5.74) is 4.71. The zero-order chi connectivity index (χ0) is 22.0. The van der Waals surface area contributed by atoms with Crippen molar-refractivity contribution in [2.45, 2.75) is 13.8 Å². The van der Waals surface area contributed by atoms with Crippen LogP contribution in [0.3, 0.4) is 0 Å². The van der Waals surface area contributed by atoms with Crippen molar-refractivity contribution in [3.63, 3.8) is 0 Å². The maximum Gasteiger partial charge on any atom is 0.281 e. The van der Waals surface area contributed by atoms with Gasteiger partial charge in [0, 0.05) is 17.7 Å². The van der Waals surface area contributed by atoms with E-state index >= 15 is 0 Å². The molecule has 3 aromatic rings. The van der Waals surface area contributed by atoms with E-state index in [0.717, 1.165) is 11.1 Å². The van der Waals surface area contributed by atoms with Crippen molar-refractivity contribution in [1.82, 2.24) is 9.78 Å². The zero-order valence-corrected chi connectivity index (χ0v) is 17.4. The zero-order valence-electron chi connectivity index (χ0n) is 17.4. The quantitative estimate of drug-likeness (QED) is 0.532. The molecule has 0 fully saturated rings. The third-order valence-corrected chi connectivity index (χ3v) is 4.82. The maximum atomic E-state index is 13.7. The summed E-state index contributed by atoms with van der Waals surface area (Å²) in [5.74, 6) is 0.671. The number of para-hydroxylation sites is 1. The molecule has 3 N–H and O–H groups in total. The van der Waals surface area contributed by atoms with Gasteiger partial charge in [-0.05, 0) is 49.2 Å². The van der Waals surface area contributed by atoms with Crippen LogP contribution in [0.5, 0.6) is 5.75 Å². The van der Waals surface area contributed by atoms with E-state index in [2.05, 4.69) is 27.2 Å². The fourth-order valence-corrected chi connectivity index (χ4v) is 3.51. The van der Waals surface area contributed by atoms with Crippen molar-refractivity contribution >= 4 is 23.8 Å². The Morgan fingerprint density at radius 1 is 1.16 bits per heavy atom. The summed E-state index contributed by atoms with van der Waals surface area (Å²) < 4.78 is 1.50. The Morgan fingerprint density at radius 2 is 1.87 bits per heavy atom. The summed E-state index contributed by atoms with van der Waals surface area (Å²) >= 11 is 0. The van der Waals surface area contributed by atoms with Gasteiger partial charge in [-0.1, -0.05) is 36.4 Å². The average molecular weight is 413 g/mol. The van der Waals surface area contributed by atoms with E-state index in [1.807, 2.05) is 50.2 Å². The number of aromatic hydroxyl groups is 1. The molecule has 7 nitrogen and oxygen atoms in total. The summed E-state index contributed by atoms with van der Waals surface area (Å²) in [6.45, 7) is 8.23. The number of hydrogen-bond donors (Lipinski definition) is 3. The number of allylic oxidation sites excluding steroid dienone is 1. The number of nitrogens with one attached hydrogen (secondary N) is 2. The smallest absolute Gasteiger partial charge is 0.281 e. The third kappa shape index (κ3) is 4.11. The van der Waals surface area contributed by atoms with Crippen LogP contribution in [-0.4, -0.2) is 33.9 Å². The number of H-pyrrole nitrogens is 1. The second-order valence-electron chi connectivity index (χ2n) is 7.53. The second-order valence-corrected chi connectivity index (χ2v) is 7.53. The Hall–Kier alpha value is -4.13. The number of benzene rings is 2. The standard InChI is InChI=1S/C24H23N5O2/c1-15(2)12-25-23-22(24(31)29(28-23)19-7-5-4-6-8-19)21(18-13-26-27-14-18)17-9-16(3)10-20(30)11-17/h4-11,13-14,25,28,30H,1,12H2,2-3H3. The van der Waals surface area contributed by atoms with E-state index in [-0.39, 0.29) is 11.3 Å². The summed E-state index contributed by atoms with van der Waals surface area (Å²) in [7, 11) is 0. The van der Waals surface area contributed by atoms with Crippen molar-refractivity contribution in [2.75, 3.05) is 11.9 Å². The molecule has 1 aliphatic rings. The molecular formula is C24H23N5O2. The van der Waals surface area contributed by atoms with E-state index in [1.165, 1.54) is 4.68 Å². The lowest BCUT2D eigenvalue weighted by Gasteiger charge is -2.12. The lowest BCUT2D eigenvalue weighted by atomic mass is 9.93. The van der Waals surface area contributed by atoms with Crippen LogP contribution in [0.4, 0.5) is 5.82 Å². The third-order valence-electron chi connectivity index (χ3n) is 4.82. The minimum atomic E-state index is -0.229. The Balaban J connectivity index is 2.00. The number of nitrogens with zero attached hydrogens (tertiary/aromatic N) is 3. The van der Waals surface area contributed by atoms with Crippen molar-refractivity contribution in [1.29, 1.82) is 0 Å². The van der Waals surface area contributed by atoms with Gasteiger partial charge in [-0.3, -0.25) is 9.89 Å². The largest absolute Gasteiger partial charge is 0.508 e. The van der Waals surface area contributed by atoms with Gasteiger partial charge in [0.2, 0.25) is 0 Å². The second kappa shape index (κ2) is 8.31. The van der Waals surface area contributed by atoms with Crippen molar-refractivity contribution < 1.29 is 5.11 Å². The van der Waals surface area contributed by atoms with Crippen molar-refractivity contribution in [3.05, 3.63) is 93.3 Å². The average Bonchev–Trinajstić information content (AvgIpc) is 3.36. The predicted molar refractivity (Wildman–Crippen MR) is 126 cm³/mol. The lowest BCUT2D eigenvalue weighted by Crippen LogP contribution is -2.18. The molecule has 0 saturated heterocycles. The highest BCUT2D eigenvalue weighted by Gasteiger charge is 2.24. The van der Waals surface area contributed by atoms with Gasteiger partial charge in [-0.25, -0.2) is 4.68 Å². The fraction of sp³-hybridized carbons (Fsp3) is 0.125. The van der Waals surface area contributed by atoms with E-state index < -0.39 is 0 Å². The van der Waals surface area contributed by atoms with Gasteiger partial charge in [0.05, 0.1) is 23.7 Å². The Kier molecular flexibility index (Phi) is 5.41. The van der Waals surface area contributed by atoms with Crippen LogP contribution in [0.2, 0.25) is 0 Å². The van der Waals surface area contributed by atoms with Crippen LogP contribution in [-0.2, 0) is 0 Å². The first-order chi connectivity index (χ1) is 14.9. The van der Waals surface area contributed by atoms with Gasteiger partial charge in [-0.2, -0.15) is 10.2 Å². The number of hydrogen-bond acceptors (Lipinski definition) is 5. The van der Waals surface area contributed by atoms with Crippen molar-refractivity contribution in [2.24, 2.45) is 10.2 Å². The number of phenolic OH excluding ortho intramolecular Hbond substituents is 1. The molecule has 31 heavy (non-hydrogen) atoms. The molecule has 0 amide bonds. The van der Waals surface area contributed by atoms with E-state index in [1.54, 1.807) is 24.6 Å². The first-order valence-corrected chi connectivity index (χ1v) is 9.85. The van der Waals surface area contributed by atoms with Crippen LogP contribution in [0, 0.1) is 6.92 Å². The van der Waals surface area contributed by atoms with Gasteiger partial charge < -0.3 is 10.4 Å². The Morgan fingerprint density at radius 3 is 2.52 bits per heavy atom. The molecular weight excluding hydrogens is 390 g/mol. The molecule has 156 valence electrons. The normalized spacial score (nSPS) is 12.4. The molecule has 0 bridgehead atoms. The topological polar surface area (TPSA) is 94.8 Å². The number of aryl methyl sites for hydroxylation is 1. The molecule has 2 aromatic carbocycles. The molecule has 0 unspecified atom stereocenters. The van der Waals surface area contributed by atoms with Gasteiger partial charge in [-0.15, -0.1) is 0 Å². The molecule has 0 saturated carbocycles. The van der Waals surface area contributed by atoms with E-state index in [9.17, 15) is 9.90 Å². The number of rotatable bonds is 6. The Bertz CT molecular complexity index is 1260. The van der Waals surface area contributed by atoms with Gasteiger partial charge in [0.25, 0.3) is 5.56 Å². The lowest BCUT2D eigenvalue weighted by molar-refractivity contribution is 0.474. The van der Waals surface area contributed by atoms with Crippen LogP contribution in [0.1, 0.15) is 23.6 Å². The molecule has 1 aliphatic heterocycles. The minimum absolute atomic E-state index is 0.121. The maximum absolute atomic E-state index is 13.7. The van der Waals surface area contributed by atoms with Crippen LogP contribution in [0.25, 0.3) is 11.3 Å². The number of aromatic nitrogens is 2. The number of phenols is 1. The molecule has 0 spiro atoms. The van der Waals surface area contributed by atoms with E-state index in [0.29, 0.717) is 40.3 Å². The van der Waals surface area contributed by atoms with E-state index in [4.69, 9.17) is 0 Å². The van der Waals surface area contributed by atoms with Crippen LogP contribution >= 0.6 is 0 Å². The monoisotopic (exact) mass is 413 g/mol. The molecule has 4 rings (SSSR count). The molecule has 7 heteroatoms. The summed E-state index contributed by atoms with van der Waals surface area (Å²) in [5, 5.41) is 24.6. The highest BCUT2D eigenvalue weighted by atomic mass is 16.3. The molecule has 0 radical (unpaired) electrons. The first kappa shape index (κ1) is 20.2. The number of aromatic amines is 1. The summed E-state index contributed by atoms with van der Waals surface area (Å²) in [4.78, 5) is 13.7. The highest BCUT2D eigenvalue weighted by molar-refractivity contribution is 6.16. The van der Waals surface area contributed by atoms with Crippen LogP contribution < -0.4 is 10.9 Å². The molecule has 0 atom stereocenters. The first-order valence-electron chi connectivity index (χ1n) is 9.85. The molecule has 0 aliphatic carbocycles. The SMILES string of the molecule is C=C(C)CNc1[nH]n(-c2ccccc2)c(=O)c1C(=C1C=NN=C1)c1cc(C)cc(O)c1. The fourth-order valence-electron chi connectivity index (χ4n) is 3.51. The Labute approximate surface area is 179 Å². The molecule has 2 heterocycles. The predicted octanol–water partition coefficient (Wildman–Crippen LogP) is 4.04. The minimum Gasteiger partial charge on any atom is -0.508 e. The summed E-state index contributed by atoms with van der Waals surface area (Å²) in [6.07, 6.45) is 3.22. The van der Waals surface area contributed by atoms with Crippen molar-refractivity contribution in [3.8, 4) is 11.4 Å². The molecule has 1 aromatic heterocycles. The van der Waals surface area contributed by atoms with Gasteiger partial charge in [0.1, 0.15) is 11.6 Å². The number of anilines is 1.